The van der Waals surface area contributed by atoms with Crippen LogP contribution in [-0.2, 0) is 4.79 Å². The lowest BCUT2D eigenvalue weighted by Crippen LogP contribution is -2.19. The molecule has 2 aromatic rings. The van der Waals surface area contributed by atoms with Crippen LogP contribution in [0.5, 0.6) is 11.5 Å². The van der Waals surface area contributed by atoms with Gasteiger partial charge in [-0.3, -0.25) is 4.79 Å². The van der Waals surface area contributed by atoms with Crippen LogP contribution in [0.15, 0.2) is 46.3 Å². The number of benzene rings is 2. The summed E-state index contributed by atoms with van der Waals surface area (Å²) < 4.78 is 10.7. The highest BCUT2D eigenvalue weighted by Crippen LogP contribution is 2.35. The number of thioether (sulfide) groups is 1. The molecule has 0 atom stereocenters. The highest BCUT2D eigenvalue weighted by molar-refractivity contribution is 8.18. The quantitative estimate of drug-likeness (QED) is 0.780. The van der Waals surface area contributed by atoms with Crippen LogP contribution in [0, 0.1) is 6.92 Å². The highest BCUT2D eigenvalue weighted by Gasteiger charge is 2.25. The van der Waals surface area contributed by atoms with Crippen molar-refractivity contribution in [2.75, 3.05) is 14.2 Å². The number of amidine groups is 1. The van der Waals surface area contributed by atoms with Gasteiger partial charge >= 0.3 is 0 Å². The molecule has 1 amide bonds. The molecule has 134 valence electrons. The summed E-state index contributed by atoms with van der Waals surface area (Å²) >= 11 is 7.39. The molecule has 0 radical (unpaired) electrons. The van der Waals surface area contributed by atoms with Gasteiger partial charge in [0.15, 0.2) is 16.7 Å². The van der Waals surface area contributed by atoms with Crippen LogP contribution >= 0.6 is 23.4 Å². The van der Waals surface area contributed by atoms with Gasteiger partial charge in [0.25, 0.3) is 5.91 Å². The number of carbonyl (C=O) groups excluding carboxylic acids is 1. The molecule has 2 aromatic carbocycles. The Kier molecular flexibility index (Phi) is 5.54. The number of amides is 1. The number of ether oxygens (including phenoxy) is 2. The first kappa shape index (κ1) is 18.4. The van der Waals surface area contributed by atoms with Gasteiger partial charge in [-0.15, -0.1) is 0 Å². The lowest BCUT2D eigenvalue weighted by molar-refractivity contribution is -0.115. The Labute approximate surface area is 161 Å². The van der Waals surface area contributed by atoms with Gasteiger partial charge in [0, 0.05) is 10.6 Å². The molecule has 0 saturated carbocycles. The average Bonchev–Trinajstić information content (AvgIpc) is 2.97. The van der Waals surface area contributed by atoms with Crippen LogP contribution in [0.2, 0.25) is 5.02 Å². The maximum absolute atomic E-state index is 12.3. The van der Waals surface area contributed by atoms with E-state index in [4.69, 9.17) is 21.1 Å². The second kappa shape index (κ2) is 7.85. The molecule has 1 saturated heterocycles. The number of hydrogen-bond donors (Lipinski definition) is 1. The zero-order valence-corrected chi connectivity index (χ0v) is 16.1. The predicted octanol–water partition coefficient (Wildman–Crippen LogP) is 4.56. The molecule has 1 N–H and O–H groups in total. The molecule has 1 heterocycles. The van der Waals surface area contributed by atoms with Gasteiger partial charge in [-0.2, -0.15) is 0 Å². The fourth-order valence-corrected chi connectivity index (χ4v) is 3.47. The van der Waals surface area contributed by atoms with Crippen molar-refractivity contribution in [1.29, 1.82) is 0 Å². The number of nitrogens with zero attached hydrogens (tertiary/aromatic N) is 1. The standard InChI is InChI=1S/C19H17ClN2O3S/c1-11-13(20)7-5-8-14(11)21-19-22-18(23)16(26-19)10-12-6-4-9-15(24-2)17(12)25-3/h4-10H,1-3H3,(H,21,22,23)/b16-10+. The minimum absolute atomic E-state index is 0.210. The molecule has 0 aliphatic carbocycles. The molecule has 5 nitrogen and oxygen atoms in total. The first-order valence-electron chi connectivity index (χ1n) is 7.79. The second-order valence-corrected chi connectivity index (χ2v) is 6.89. The normalized spacial score (nSPS) is 16.8. The molecule has 0 bridgehead atoms. The fourth-order valence-electron chi connectivity index (χ4n) is 2.47. The molecule has 7 heteroatoms. The SMILES string of the molecule is COc1cccc(/C=C2/SC(=Nc3cccc(Cl)c3C)NC2=O)c1OC. The Bertz CT molecular complexity index is 925. The van der Waals surface area contributed by atoms with Crippen molar-refractivity contribution in [3.05, 3.63) is 57.5 Å². The van der Waals surface area contributed by atoms with Crippen molar-refractivity contribution in [2.24, 2.45) is 4.99 Å². The average molecular weight is 389 g/mol. The van der Waals surface area contributed by atoms with Crippen molar-refractivity contribution >= 4 is 46.2 Å². The lowest BCUT2D eigenvalue weighted by atomic mass is 10.1. The van der Waals surface area contributed by atoms with Crippen LogP contribution in [0.25, 0.3) is 6.08 Å². The van der Waals surface area contributed by atoms with Gasteiger partial charge < -0.3 is 14.8 Å². The first-order chi connectivity index (χ1) is 12.5. The van der Waals surface area contributed by atoms with Crippen LogP contribution in [0.4, 0.5) is 5.69 Å². The van der Waals surface area contributed by atoms with Gasteiger partial charge in [-0.05, 0) is 48.5 Å². The van der Waals surface area contributed by atoms with E-state index < -0.39 is 0 Å². The summed E-state index contributed by atoms with van der Waals surface area (Å²) in [6.45, 7) is 1.89. The van der Waals surface area contributed by atoms with Gasteiger partial charge in [0.05, 0.1) is 24.8 Å². The Morgan fingerprint density at radius 1 is 1.15 bits per heavy atom. The number of rotatable bonds is 4. The Morgan fingerprint density at radius 2 is 1.92 bits per heavy atom. The van der Waals surface area contributed by atoms with Crippen LogP contribution in [0.1, 0.15) is 11.1 Å². The minimum Gasteiger partial charge on any atom is -0.493 e. The number of hydrogen-bond acceptors (Lipinski definition) is 5. The Balaban J connectivity index is 1.92. The van der Waals surface area contributed by atoms with E-state index in [1.54, 1.807) is 32.4 Å². The summed E-state index contributed by atoms with van der Waals surface area (Å²) in [6.07, 6.45) is 1.76. The van der Waals surface area contributed by atoms with E-state index in [1.165, 1.54) is 11.8 Å². The van der Waals surface area contributed by atoms with Gasteiger partial charge in [0.2, 0.25) is 0 Å². The van der Waals surface area contributed by atoms with Crippen LogP contribution in [0.3, 0.4) is 0 Å². The van der Waals surface area contributed by atoms with E-state index in [-0.39, 0.29) is 5.91 Å². The number of para-hydroxylation sites is 1. The topological polar surface area (TPSA) is 59.9 Å². The van der Waals surface area contributed by atoms with Crippen molar-refractivity contribution in [2.45, 2.75) is 6.92 Å². The van der Waals surface area contributed by atoms with Gasteiger partial charge in [0.1, 0.15) is 0 Å². The van der Waals surface area contributed by atoms with E-state index >= 15 is 0 Å². The molecule has 1 aliphatic rings. The lowest BCUT2D eigenvalue weighted by Gasteiger charge is -2.10. The highest BCUT2D eigenvalue weighted by atomic mass is 35.5. The fraction of sp³-hybridized carbons (Fsp3) is 0.158. The van der Waals surface area contributed by atoms with E-state index in [2.05, 4.69) is 10.3 Å². The van der Waals surface area contributed by atoms with Gasteiger partial charge in [-0.1, -0.05) is 29.8 Å². The van der Waals surface area contributed by atoms with Crippen LogP contribution < -0.4 is 14.8 Å². The van der Waals surface area contributed by atoms with Crippen molar-refractivity contribution < 1.29 is 14.3 Å². The smallest absolute Gasteiger partial charge is 0.264 e. The summed E-state index contributed by atoms with van der Waals surface area (Å²) in [7, 11) is 3.14. The number of carbonyl (C=O) groups is 1. The second-order valence-electron chi connectivity index (χ2n) is 5.45. The summed E-state index contributed by atoms with van der Waals surface area (Å²) in [5.41, 5.74) is 2.34. The largest absolute Gasteiger partial charge is 0.493 e. The Morgan fingerprint density at radius 3 is 2.65 bits per heavy atom. The third kappa shape index (κ3) is 3.71. The summed E-state index contributed by atoms with van der Waals surface area (Å²) in [5.74, 6) is 0.971. The van der Waals surface area contributed by atoms with Gasteiger partial charge in [-0.25, -0.2) is 4.99 Å². The van der Waals surface area contributed by atoms with E-state index in [1.807, 2.05) is 31.2 Å². The summed E-state index contributed by atoms with van der Waals surface area (Å²) in [5, 5.41) is 3.92. The number of aliphatic imine (C=N–C) groups is 1. The number of halogens is 1. The third-order valence-corrected chi connectivity index (χ3v) is 5.15. The number of nitrogens with one attached hydrogen (secondary N) is 1. The molecular formula is C19H17ClN2O3S. The third-order valence-electron chi connectivity index (χ3n) is 3.83. The van der Waals surface area contributed by atoms with Crippen molar-refractivity contribution in [1.82, 2.24) is 5.32 Å². The molecule has 0 unspecified atom stereocenters. The van der Waals surface area contributed by atoms with E-state index in [9.17, 15) is 4.79 Å². The molecule has 0 spiro atoms. The van der Waals surface area contributed by atoms with Crippen molar-refractivity contribution in [3.8, 4) is 11.5 Å². The maximum Gasteiger partial charge on any atom is 0.264 e. The predicted molar refractivity (Wildman–Crippen MR) is 107 cm³/mol. The molecule has 1 fully saturated rings. The summed E-state index contributed by atoms with van der Waals surface area (Å²) in [6, 6.07) is 11.0. The first-order valence-corrected chi connectivity index (χ1v) is 8.98. The molecule has 1 aliphatic heterocycles. The zero-order chi connectivity index (χ0) is 18.7. The molecule has 3 rings (SSSR count). The molecule has 26 heavy (non-hydrogen) atoms. The monoisotopic (exact) mass is 388 g/mol. The zero-order valence-electron chi connectivity index (χ0n) is 14.5. The van der Waals surface area contributed by atoms with Crippen LogP contribution in [-0.4, -0.2) is 25.3 Å². The Hall–Kier alpha value is -2.44. The number of methoxy groups -OCH3 is 2. The van der Waals surface area contributed by atoms with E-state index in [0.717, 1.165) is 16.8 Å². The summed E-state index contributed by atoms with van der Waals surface area (Å²) in [4.78, 5) is 17.3. The maximum atomic E-state index is 12.3. The molecule has 0 aromatic heterocycles. The van der Waals surface area contributed by atoms with E-state index in [0.29, 0.717) is 26.6 Å². The minimum atomic E-state index is -0.210. The van der Waals surface area contributed by atoms with Crippen molar-refractivity contribution in [3.63, 3.8) is 0 Å². The molecular weight excluding hydrogens is 372 g/mol.